The van der Waals surface area contributed by atoms with Crippen molar-refractivity contribution in [1.82, 2.24) is 0 Å². The Morgan fingerprint density at radius 2 is 1.49 bits per heavy atom. The number of thioether (sulfide) groups is 1. The molecule has 11 heteroatoms. The van der Waals surface area contributed by atoms with Gasteiger partial charge in [0.05, 0.1) is 60.8 Å². The molecule has 0 saturated carbocycles. The van der Waals surface area contributed by atoms with Crippen LogP contribution in [-0.4, -0.2) is 47.9 Å². The number of carbonyl (C=O) groups excluding carboxylic acids is 1. The normalized spacial score (nSPS) is 14.1. The summed E-state index contributed by atoms with van der Waals surface area (Å²) in [6.45, 7) is 0. The molecule has 0 fully saturated rings. The number of carbonyl (C=O) groups is 1. The van der Waals surface area contributed by atoms with E-state index in [0.29, 0.717) is 49.6 Å². The molecule has 3 aromatic carbocycles. The predicted octanol–water partition coefficient (Wildman–Crippen LogP) is 4.49. The van der Waals surface area contributed by atoms with Gasteiger partial charge in [-0.25, -0.2) is 8.42 Å². The second kappa shape index (κ2) is 10.7. The number of methoxy groups -OCH3 is 4. The third-order valence-electron chi connectivity index (χ3n) is 5.67. The van der Waals surface area contributed by atoms with Gasteiger partial charge in [0.2, 0.25) is 0 Å². The largest absolute Gasteiger partial charge is 0.508 e. The van der Waals surface area contributed by atoms with Crippen LogP contribution in [0.1, 0.15) is 11.1 Å². The summed E-state index contributed by atoms with van der Waals surface area (Å²) in [5, 5.41) is 12.6. The molecule has 0 spiro atoms. The summed E-state index contributed by atoms with van der Waals surface area (Å²) in [4.78, 5) is 14.0. The Hall–Kier alpha value is -3.83. The molecule has 37 heavy (non-hydrogen) atoms. The Morgan fingerprint density at radius 3 is 2.05 bits per heavy atom. The van der Waals surface area contributed by atoms with Crippen molar-refractivity contribution in [3.05, 3.63) is 64.6 Å². The molecular weight excluding hydrogens is 518 g/mol. The highest BCUT2D eigenvalue weighted by Gasteiger charge is 2.26. The number of rotatable bonds is 8. The lowest BCUT2D eigenvalue weighted by Gasteiger charge is -2.20. The molecule has 1 heterocycles. The van der Waals surface area contributed by atoms with Gasteiger partial charge in [0.25, 0.3) is 5.91 Å². The molecule has 0 aliphatic carbocycles. The van der Waals surface area contributed by atoms with Crippen LogP contribution in [0, 0.1) is 0 Å². The van der Waals surface area contributed by atoms with E-state index in [9.17, 15) is 18.3 Å². The van der Waals surface area contributed by atoms with Gasteiger partial charge in [-0.1, -0.05) is 17.8 Å². The fraction of sp³-hybridized carbons (Fsp3) is 0.192. The first-order valence-corrected chi connectivity index (χ1v) is 13.4. The standard InChI is InChI=1S/C26H25NO8S2/c1-32-20-6-5-7-21(33-2)18(20)14-37(30,31)16-8-9-24-19(12-16)27-26(29)25(36-24)13-17-22(34-3)10-15(28)11-23(17)35-4/h5-13,28H,14H2,1-4H3,(H,27,29). The Bertz CT molecular complexity index is 1450. The van der Waals surface area contributed by atoms with Crippen LogP contribution >= 0.6 is 11.8 Å². The maximum absolute atomic E-state index is 13.3. The lowest BCUT2D eigenvalue weighted by Crippen LogP contribution is -2.18. The van der Waals surface area contributed by atoms with Crippen LogP contribution in [0.5, 0.6) is 28.7 Å². The minimum absolute atomic E-state index is 0.0403. The number of sulfone groups is 1. The highest BCUT2D eigenvalue weighted by atomic mass is 32.2. The average molecular weight is 544 g/mol. The molecule has 0 unspecified atom stereocenters. The quantitative estimate of drug-likeness (QED) is 0.396. The molecule has 1 amide bonds. The zero-order valence-electron chi connectivity index (χ0n) is 20.5. The van der Waals surface area contributed by atoms with Gasteiger partial charge < -0.3 is 29.4 Å². The number of phenolic OH excluding ortho intramolecular Hbond substituents is 1. The number of anilines is 1. The van der Waals surface area contributed by atoms with Gasteiger partial charge in [-0.2, -0.15) is 0 Å². The Balaban J connectivity index is 1.67. The minimum atomic E-state index is -3.81. The van der Waals surface area contributed by atoms with E-state index in [1.165, 1.54) is 64.5 Å². The van der Waals surface area contributed by atoms with Crippen LogP contribution in [-0.2, 0) is 20.4 Å². The number of nitrogens with one attached hydrogen (secondary N) is 1. The molecule has 1 aliphatic heterocycles. The lowest BCUT2D eigenvalue weighted by atomic mass is 10.1. The first-order chi connectivity index (χ1) is 17.7. The van der Waals surface area contributed by atoms with Crippen molar-refractivity contribution in [3.8, 4) is 28.7 Å². The van der Waals surface area contributed by atoms with Crippen LogP contribution in [0.15, 0.2) is 63.2 Å². The van der Waals surface area contributed by atoms with Crippen molar-refractivity contribution < 1.29 is 37.3 Å². The Labute approximate surface area is 218 Å². The van der Waals surface area contributed by atoms with Crippen LogP contribution in [0.25, 0.3) is 6.08 Å². The van der Waals surface area contributed by atoms with E-state index >= 15 is 0 Å². The van der Waals surface area contributed by atoms with E-state index in [4.69, 9.17) is 18.9 Å². The monoisotopic (exact) mass is 543 g/mol. The molecule has 9 nitrogen and oxygen atoms in total. The molecule has 0 atom stereocenters. The molecule has 2 N–H and O–H groups in total. The van der Waals surface area contributed by atoms with E-state index in [2.05, 4.69) is 5.32 Å². The smallest absolute Gasteiger partial charge is 0.262 e. The number of hydrogen-bond acceptors (Lipinski definition) is 9. The van der Waals surface area contributed by atoms with E-state index in [1.807, 2.05) is 0 Å². The third-order valence-corrected chi connectivity index (χ3v) is 8.41. The summed E-state index contributed by atoms with van der Waals surface area (Å²) in [6, 6.07) is 12.5. The maximum Gasteiger partial charge on any atom is 0.262 e. The van der Waals surface area contributed by atoms with Gasteiger partial charge in [-0.15, -0.1) is 0 Å². The molecule has 0 aromatic heterocycles. The zero-order valence-corrected chi connectivity index (χ0v) is 22.2. The molecule has 0 saturated heterocycles. The van der Waals surface area contributed by atoms with Crippen LogP contribution in [0.3, 0.4) is 0 Å². The fourth-order valence-corrected chi connectivity index (χ4v) is 6.19. The summed E-state index contributed by atoms with van der Waals surface area (Å²) < 4.78 is 47.9. The highest BCUT2D eigenvalue weighted by Crippen LogP contribution is 2.43. The van der Waals surface area contributed by atoms with E-state index in [-0.39, 0.29) is 16.4 Å². The van der Waals surface area contributed by atoms with Gasteiger partial charge >= 0.3 is 0 Å². The third kappa shape index (κ3) is 5.32. The highest BCUT2D eigenvalue weighted by molar-refractivity contribution is 8.04. The number of fused-ring (bicyclic) bond motifs is 1. The molecular formula is C26H25NO8S2. The summed E-state index contributed by atoms with van der Waals surface area (Å²) in [5.41, 5.74) is 1.27. The summed E-state index contributed by atoms with van der Waals surface area (Å²) in [7, 11) is 2.01. The topological polar surface area (TPSA) is 120 Å². The fourth-order valence-electron chi connectivity index (χ4n) is 3.87. The molecule has 0 bridgehead atoms. The first kappa shape index (κ1) is 26.2. The number of aromatic hydroxyl groups is 1. The van der Waals surface area contributed by atoms with E-state index in [1.54, 1.807) is 30.3 Å². The van der Waals surface area contributed by atoms with Crippen molar-refractivity contribution >= 4 is 39.3 Å². The molecule has 3 aromatic rings. The first-order valence-electron chi connectivity index (χ1n) is 10.9. The zero-order chi connectivity index (χ0) is 26.7. The van der Waals surface area contributed by atoms with Crippen molar-refractivity contribution in [2.45, 2.75) is 15.5 Å². The molecule has 0 radical (unpaired) electrons. The van der Waals surface area contributed by atoms with Gasteiger partial charge in [0.15, 0.2) is 9.84 Å². The van der Waals surface area contributed by atoms with E-state index < -0.39 is 15.7 Å². The number of benzene rings is 3. The maximum atomic E-state index is 13.3. The van der Waals surface area contributed by atoms with Gasteiger partial charge in [-0.05, 0) is 36.4 Å². The number of phenols is 1. The van der Waals surface area contributed by atoms with Crippen molar-refractivity contribution in [1.29, 1.82) is 0 Å². The predicted molar refractivity (Wildman–Crippen MR) is 141 cm³/mol. The number of ether oxygens (including phenoxy) is 4. The minimum Gasteiger partial charge on any atom is -0.508 e. The van der Waals surface area contributed by atoms with Crippen molar-refractivity contribution in [3.63, 3.8) is 0 Å². The lowest BCUT2D eigenvalue weighted by molar-refractivity contribution is -0.112. The Kier molecular flexibility index (Phi) is 7.55. The molecule has 1 aliphatic rings. The van der Waals surface area contributed by atoms with Gasteiger partial charge in [0.1, 0.15) is 28.7 Å². The van der Waals surface area contributed by atoms with Crippen LogP contribution in [0.4, 0.5) is 5.69 Å². The van der Waals surface area contributed by atoms with Gasteiger partial charge in [-0.3, -0.25) is 4.79 Å². The van der Waals surface area contributed by atoms with E-state index in [0.717, 1.165) is 0 Å². The summed E-state index contributed by atoms with van der Waals surface area (Å²) >= 11 is 1.18. The number of amides is 1. The van der Waals surface area contributed by atoms with Crippen molar-refractivity contribution in [2.24, 2.45) is 0 Å². The molecule has 194 valence electrons. The summed E-state index contributed by atoms with van der Waals surface area (Å²) in [5.74, 6) is 0.663. The second-order valence-corrected chi connectivity index (χ2v) is 11.0. The van der Waals surface area contributed by atoms with Crippen molar-refractivity contribution in [2.75, 3.05) is 33.8 Å². The number of hydrogen-bond donors (Lipinski definition) is 2. The van der Waals surface area contributed by atoms with Gasteiger partial charge in [0, 0.05) is 17.0 Å². The summed E-state index contributed by atoms with van der Waals surface area (Å²) in [6.07, 6.45) is 1.60. The second-order valence-electron chi connectivity index (χ2n) is 7.89. The van der Waals surface area contributed by atoms with Crippen LogP contribution in [0.2, 0.25) is 0 Å². The SMILES string of the molecule is COc1cc(O)cc(OC)c1C=C1Sc2ccc(S(=O)(=O)Cc3c(OC)cccc3OC)cc2NC1=O. The Morgan fingerprint density at radius 1 is 0.892 bits per heavy atom. The molecule has 4 rings (SSSR count). The average Bonchev–Trinajstić information content (AvgIpc) is 2.89. The van der Waals surface area contributed by atoms with Crippen LogP contribution < -0.4 is 24.3 Å².